The van der Waals surface area contributed by atoms with Crippen LogP contribution in [0.3, 0.4) is 0 Å². The molecule has 0 radical (unpaired) electrons. The Kier molecular flexibility index (Phi) is 5.99. The first-order chi connectivity index (χ1) is 13.3. The van der Waals surface area contributed by atoms with Gasteiger partial charge in [0.2, 0.25) is 0 Å². The van der Waals surface area contributed by atoms with Gasteiger partial charge in [0.25, 0.3) is 0 Å². The smallest absolute Gasteiger partial charge is 0.107 e. The Bertz CT molecular complexity index is 825. The van der Waals surface area contributed by atoms with Gasteiger partial charge in [0.15, 0.2) is 0 Å². The van der Waals surface area contributed by atoms with E-state index in [0.29, 0.717) is 0 Å². The Labute approximate surface area is 164 Å². The van der Waals surface area contributed by atoms with Crippen molar-refractivity contribution in [1.29, 1.82) is 0 Å². The molecule has 27 heavy (non-hydrogen) atoms. The SMILES string of the molecule is CN(CCN1CCOCC1)Cc1cn(-c2ccccc2)nc1-c1cccs1. The summed E-state index contributed by atoms with van der Waals surface area (Å²) in [6.45, 7) is 6.82. The zero-order valence-corrected chi connectivity index (χ0v) is 16.6. The lowest BCUT2D eigenvalue weighted by Crippen LogP contribution is -2.40. The molecular formula is C21H26N4OS. The molecule has 0 spiro atoms. The van der Waals surface area contributed by atoms with Crippen molar-refractivity contribution < 1.29 is 4.74 Å². The number of nitrogens with zero attached hydrogens (tertiary/aromatic N) is 4. The van der Waals surface area contributed by atoms with Crippen LogP contribution >= 0.6 is 11.3 Å². The average molecular weight is 383 g/mol. The highest BCUT2D eigenvalue weighted by Gasteiger charge is 2.16. The number of morpholine rings is 1. The van der Waals surface area contributed by atoms with Crippen LogP contribution in [0.5, 0.6) is 0 Å². The highest BCUT2D eigenvalue weighted by molar-refractivity contribution is 7.13. The third kappa shape index (κ3) is 4.65. The molecular weight excluding hydrogens is 356 g/mol. The van der Waals surface area contributed by atoms with Crippen molar-refractivity contribution in [2.24, 2.45) is 0 Å². The van der Waals surface area contributed by atoms with E-state index in [1.165, 1.54) is 10.4 Å². The van der Waals surface area contributed by atoms with E-state index in [-0.39, 0.29) is 0 Å². The van der Waals surface area contributed by atoms with Gasteiger partial charge in [0.05, 0.1) is 23.8 Å². The lowest BCUT2D eigenvalue weighted by Gasteiger charge is -2.28. The van der Waals surface area contributed by atoms with Crippen LogP contribution in [0.2, 0.25) is 0 Å². The summed E-state index contributed by atoms with van der Waals surface area (Å²) in [4.78, 5) is 6.09. The standard InChI is InChI=1S/C21H26N4OS/c1-23(9-10-24-11-13-26-14-12-24)16-18-17-25(19-6-3-2-4-7-19)22-21(18)20-8-5-15-27-20/h2-8,15,17H,9-14,16H2,1H3. The molecule has 4 rings (SSSR count). The molecule has 1 aliphatic heterocycles. The molecule has 1 aromatic carbocycles. The number of para-hydroxylation sites is 1. The number of thiophene rings is 1. The van der Waals surface area contributed by atoms with Crippen molar-refractivity contribution in [2.75, 3.05) is 46.4 Å². The maximum absolute atomic E-state index is 5.44. The molecule has 1 fully saturated rings. The van der Waals surface area contributed by atoms with E-state index >= 15 is 0 Å². The minimum Gasteiger partial charge on any atom is -0.379 e. The lowest BCUT2D eigenvalue weighted by molar-refractivity contribution is 0.0342. The minimum absolute atomic E-state index is 0.857. The van der Waals surface area contributed by atoms with E-state index in [2.05, 4.69) is 64.8 Å². The number of ether oxygens (including phenoxy) is 1. The quantitative estimate of drug-likeness (QED) is 0.627. The zero-order valence-electron chi connectivity index (χ0n) is 15.8. The number of likely N-dealkylation sites (N-methyl/N-ethyl adjacent to an activating group) is 1. The zero-order chi connectivity index (χ0) is 18.5. The Morgan fingerprint density at radius 2 is 1.93 bits per heavy atom. The topological polar surface area (TPSA) is 33.5 Å². The van der Waals surface area contributed by atoms with Crippen molar-refractivity contribution in [2.45, 2.75) is 6.54 Å². The van der Waals surface area contributed by atoms with Gasteiger partial charge in [-0.1, -0.05) is 24.3 Å². The fraction of sp³-hybridized carbons (Fsp3) is 0.381. The van der Waals surface area contributed by atoms with Crippen LogP contribution in [0.15, 0.2) is 54.0 Å². The van der Waals surface area contributed by atoms with Gasteiger partial charge < -0.3 is 9.64 Å². The Morgan fingerprint density at radius 3 is 2.67 bits per heavy atom. The first-order valence-electron chi connectivity index (χ1n) is 9.46. The summed E-state index contributed by atoms with van der Waals surface area (Å²) in [5.74, 6) is 0. The number of aromatic nitrogens is 2. The first-order valence-corrected chi connectivity index (χ1v) is 10.3. The first kappa shape index (κ1) is 18.4. The van der Waals surface area contributed by atoms with E-state index in [4.69, 9.17) is 9.84 Å². The number of benzene rings is 1. The summed E-state index contributed by atoms with van der Waals surface area (Å²) >= 11 is 1.75. The summed E-state index contributed by atoms with van der Waals surface area (Å²) in [5.41, 5.74) is 3.45. The van der Waals surface area contributed by atoms with Crippen molar-refractivity contribution >= 4 is 11.3 Å². The fourth-order valence-corrected chi connectivity index (χ4v) is 4.11. The van der Waals surface area contributed by atoms with Crippen molar-refractivity contribution in [3.05, 3.63) is 59.6 Å². The highest BCUT2D eigenvalue weighted by Crippen LogP contribution is 2.28. The Morgan fingerprint density at radius 1 is 1.11 bits per heavy atom. The van der Waals surface area contributed by atoms with Crippen molar-refractivity contribution in [1.82, 2.24) is 19.6 Å². The Hall–Kier alpha value is -1.99. The molecule has 2 aromatic heterocycles. The third-order valence-corrected chi connectivity index (χ3v) is 5.78. The van der Waals surface area contributed by atoms with Gasteiger partial charge in [-0.2, -0.15) is 5.10 Å². The van der Waals surface area contributed by atoms with Crippen LogP contribution in [0, 0.1) is 0 Å². The molecule has 0 atom stereocenters. The summed E-state index contributed by atoms with van der Waals surface area (Å²) in [5, 5.41) is 7.01. The summed E-state index contributed by atoms with van der Waals surface area (Å²) in [7, 11) is 2.19. The van der Waals surface area contributed by atoms with Crippen LogP contribution in [-0.2, 0) is 11.3 Å². The molecule has 0 N–H and O–H groups in total. The molecule has 0 saturated carbocycles. The monoisotopic (exact) mass is 382 g/mol. The van der Waals surface area contributed by atoms with Crippen LogP contribution in [0.25, 0.3) is 16.3 Å². The fourth-order valence-electron chi connectivity index (χ4n) is 3.37. The molecule has 0 amide bonds. The van der Waals surface area contributed by atoms with Crippen LogP contribution in [-0.4, -0.2) is 66.0 Å². The van der Waals surface area contributed by atoms with Gasteiger partial charge in [-0.3, -0.25) is 4.90 Å². The summed E-state index contributed by atoms with van der Waals surface area (Å²) in [6.07, 6.45) is 2.18. The molecule has 5 nitrogen and oxygen atoms in total. The summed E-state index contributed by atoms with van der Waals surface area (Å²) in [6, 6.07) is 14.6. The van der Waals surface area contributed by atoms with Gasteiger partial charge >= 0.3 is 0 Å². The molecule has 142 valence electrons. The predicted octanol–water partition coefficient (Wildman–Crippen LogP) is 3.36. The largest absolute Gasteiger partial charge is 0.379 e. The van der Waals surface area contributed by atoms with Gasteiger partial charge in [0.1, 0.15) is 5.69 Å². The molecule has 0 unspecified atom stereocenters. The normalized spacial score (nSPS) is 15.5. The highest BCUT2D eigenvalue weighted by atomic mass is 32.1. The summed E-state index contributed by atoms with van der Waals surface area (Å²) < 4.78 is 7.44. The maximum atomic E-state index is 5.44. The third-order valence-electron chi connectivity index (χ3n) is 4.91. The number of rotatable bonds is 7. The van der Waals surface area contributed by atoms with Crippen LogP contribution in [0.4, 0.5) is 0 Å². The molecule has 3 heterocycles. The maximum Gasteiger partial charge on any atom is 0.107 e. The lowest BCUT2D eigenvalue weighted by atomic mass is 10.2. The van der Waals surface area contributed by atoms with Gasteiger partial charge in [-0.15, -0.1) is 11.3 Å². The number of hydrogen-bond donors (Lipinski definition) is 0. The second-order valence-electron chi connectivity index (χ2n) is 6.95. The minimum atomic E-state index is 0.857. The second-order valence-corrected chi connectivity index (χ2v) is 7.90. The average Bonchev–Trinajstić information content (AvgIpc) is 3.38. The van der Waals surface area contributed by atoms with E-state index in [1.54, 1.807) is 11.3 Å². The molecule has 0 bridgehead atoms. The molecule has 3 aromatic rings. The van der Waals surface area contributed by atoms with Crippen LogP contribution < -0.4 is 0 Å². The second kappa shape index (κ2) is 8.80. The van der Waals surface area contributed by atoms with Crippen molar-refractivity contribution in [3.8, 4) is 16.3 Å². The van der Waals surface area contributed by atoms with Crippen molar-refractivity contribution in [3.63, 3.8) is 0 Å². The predicted molar refractivity (Wildman–Crippen MR) is 110 cm³/mol. The Balaban J connectivity index is 1.49. The van der Waals surface area contributed by atoms with Gasteiger partial charge in [-0.05, 0) is 30.6 Å². The van der Waals surface area contributed by atoms with E-state index in [9.17, 15) is 0 Å². The van der Waals surface area contributed by atoms with Gasteiger partial charge in [0, 0.05) is 44.5 Å². The van der Waals surface area contributed by atoms with E-state index in [1.807, 2.05) is 10.7 Å². The molecule has 0 aliphatic carbocycles. The van der Waals surface area contributed by atoms with Crippen LogP contribution in [0.1, 0.15) is 5.56 Å². The number of hydrogen-bond acceptors (Lipinski definition) is 5. The van der Waals surface area contributed by atoms with Gasteiger partial charge in [-0.25, -0.2) is 4.68 Å². The molecule has 1 aliphatic rings. The molecule has 6 heteroatoms. The van der Waals surface area contributed by atoms with E-state index < -0.39 is 0 Å². The van der Waals surface area contributed by atoms with E-state index in [0.717, 1.165) is 57.3 Å². The molecule has 1 saturated heterocycles.